The molecule has 0 spiro atoms. The van der Waals surface area contributed by atoms with Gasteiger partial charge in [0.05, 0.1) is 27.8 Å². The third kappa shape index (κ3) is 5.34. The Morgan fingerprint density at radius 3 is 1.82 bits per heavy atom. The Balaban J connectivity index is 0.953. The molecule has 66 heavy (non-hydrogen) atoms. The van der Waals surface area contributed by atoms with E-state index in [-0.39, 0.29) is 5.41 Å². The average molecular weight is 845 g/mol. The van der Waals surface area contributed by atoms with Gasteiger partial charge >= 0.3 is 0 Å². The van der Waals surface area contributed by atoms with Crippen molar-refractivity contribution in [1.29, 1.82) is 0 Å². The maximum atomic E-state index is 6.74. The molecule has 14 rings (SSSR count). The van der Waals surface area contributed by atoms with E-state index in [1.165, 1.54) is 44.1 Å². The van der Waals surface area contributed by atoms with E-state index in [1.54, 1.807) is 0 Å². The number of aromatic nitrogens is 4. The number of benzene rings is 9. The lowest BCUT2D eigenvalue weighted by Crippen LogP contribution is -2.14. The molecule has 4 heterocycles. The lowest BCUT2D eigenvalue weighted by atomic mass is 9.82. The van der Waals surface area contributed by atoms with Crippen LogP contribution in [0.5, 0.6) is 0 Å². The summed E-state index contributed by atoms with van der Waals surface area (Å²) < 4.78 is 11.4. The third-order valence-corrected chi connectivity index (χ3v) is 14.1. The van der Waals surface area contributed by atoms with Crippen LogP contribution in [0.3, 0.4) is 0 Å². The summed E-state index contributed by atoms with van der Waals surface area (Å²) in [5, 5.41) is 6.95. The summed E-state index contributed by atoms with van der Waals surface area (Å²) in [6.07, 6.45) is 0. The molecule has 5 nitrogen and oxygen atoms in total. The molecule has 0 fully saturated rings. The number of furan rings is 1. The van der Waals surface area contributed by atoms with E-state index in [2.05, 4.69) is 205 Å². The molecule has 0 atom stereocenters. The van der Waals surface area contributed by atoms with Crippen LogP contribution in [-0.4, -0.2) is 19.1 Å². The summed E-state index contributed by atoms with van der Waals surface area (Å²) in [5.74, 6) is 1.48. The SMILES string of the molecule is CC1(C)c2ccccc2-c2cc3c4cc(-c5ccc6oc7cc8c(cc7c6c5)c5ccccc5n8-c5cc(-c6ccccc6)nc(-c6ccccc6)n5)ccc4n(-c4ccccc4)c3cc21. The van der Waals surface area contributed by atoms with Gasteiger partial charge in [-0.2, -0.15) is 0 Å². The van der Waals surface area contributed by atoms with Crippen molar-refractivity contribution in [3.05, 3.63) is 217 Å². The zero-order valence-electron chi connectivity index (χ0n) is 36.3. The van der Waals surface area contributed by atoms with Gasteiger partial charge in [-0.25, -0.2) is 9.97 Å². The number of para-hydroxylation sites is 2. The van der Waals surface area contributed by atoms with E-state index in [4.69, 9.17) is 14.4 Å². The first-order valence-corrected chi connectivity index (χ1v) is 22.6. The van der Waals surface area contributed by atoms with Crippen molar-refractivity contribution < 1.29 is 4.42 Å². The van der Waals surface area contributed by atoms with Crippen LogP contribution >= 0.6 is 0 Å². The highest BCUT2D eigenvalue weighted by Crippen LogP contribution is 2.51. The largest absolute Gasteiger partial charge is 0.456 e. The Kier molecular flexibility index (Phi) is 7.68. The van der Waals surface area contributed by atoms with Gasteiger partial charge < -0.3 is 8.98 Å². The predicted molar refractivity (Wildman–Crippen MR) is 272 cm³/mol. The molecule has 0 amide bonds. The molecule has 0 bridgehead atoms. The molecule has 1 aliphatic rings. The summed E-state index contributed by atoms with van der Waals surface area (Å²) in [5.41, 5.74) is 17.9. The van der Waals surface area contributed by atoms with Gasteiger partial charge in [-0.15, -0.1) is 0 Å². The van der Waals surface area contributed by atoms with Crippen LogP contribution in [0.4, 0.5) is 0 Å². The van der Waals surface area contributed by atoms with E-state index < -0.39 is 0 Å². The zero-order chi connectivity index (χ0) is 43.7. The first kappa shape index (κ1) is 36.9. The lowest BCUT2D eigenvalue weighted by Gasteiger charge is -2.21. The van der Waals surface area contributed by atoms with Crippen LogP contribution in [0.1, 0.15) is 25.0 Å². The smallest absolute Gasteiger partial charge is 0.162 e. The minimum atomic E-state index is -0.0970. The molecular formula is C61H40N4O. The van der Waals surface area contributed by atoms with E-state index in [0.717, 1.165) is 83.2 Å². The molecule has 0 saturated heterocycles. The average Bonchev–Trinajstić information content (AvgIpc) is 4.07. The molecule has 0 saturated carbocycles. The number of hydrogen-bond acceptors (Lipinski definition) is 3. The van der Waals surface area contributed by atoms with Crippen molar-refractivity contribution in [3.8, 4) is 56.4 Å². The van der Waals surface area contributed by atoms with Crippen LogP contribution in [0, 0.1) is 0 Å². The molecule has 4 aromatic heterocycles. The molecule has 9 aromatic carbocycles. The number of fused-ring (bicyclic) bond motifs is 12. The number of rotatable bonds is 5. The Morgan fingerprint density at radius 1 is 0.379 bits per heavy atom. The quantitative estimate of drug-likeness (QED) is 0.173. The number of hydrogen-bond donors (Lipinski definition) is 0. The summed E-state index contributed by atoms with van der Waals surface area (Å²) in [6, 6.07) is 74.0. The Morgan fingerprint density at radius 2 is 1.00 bits per heavy atom. The fraction of sp³-hybridized carbons (Fsp3) is 0.0492. The first-order valence-electron chi connectivity index (χ1n) is 22.6. The van der Waals surface area contributed by atoms with Gasteiger partial charge in [0.15, 0.2) is 5.82 Å². The first-order chi connectivity index (χ1) is 32.5. The molecule has 0 unspecified atom stereocenters. The molecule has 0 radical (unpaired) electrons. The second kappa shape index (κ2) is 13.7. The van der Waals surface area contributed by atoms with Crippen LogP contribution < -0.4 is 0 Å². The highest BCUT2D eigenvalue weighted by molar-refractivity contribution is 6.18. The van der Waals surface area contributed by atoms with Crippen molar-refractivity contribution in [3.63, 3.8) is 0 Å². The Labute approximate surface area is 380 Å². The minimum Gasteiger partial charge on any atom is -0.456 e. The van der Waals surface area contributed by atoms with Crippen LogP contribution in [0.25, 0.3) is 122 Å². The third-order valence-electron chi connectivity index (χ3n) is 14.1. The normalized spacial score (nSPS) is 13.1. The Hall–Kier alpha value is -8.54. The summed E-state index contributed by atoms with van der Waals surface area (Å²) in [7, 11) is 0. The van der Waals surface area contributed by atoms with Crippen molar-refractivity contribution >= 4 is 65.6 Å². The minimum absolute atomic E-state index is 0.0970. The fourth-order valence-electron chi connectivity index (χ4n) is 10.9. The summed E-state index contributed by atoms with van der Waals surface area (Å²) in [4.78, 5) is 10.3. The standard InChI is InChI=1S/C61H40N4O/c1-61(2)50-24-14-12-22-42(50)44-32-47-45-30-39(26-28-54(45)64(55(47)34-51(44)61)41-20-10-5-11-21-41)40-27-29-57-48(31-40)49-33-46-43-23-13-15-25-53(43)65(56(46)36-58(49)66-57)59-35-52(37-16-6-3-7-17-37)62-60(63-59)38-18-8-4-9-19-38/h3-36H,1-2H3. The lowest BCUT2D eigenvalue weighted by molar-refractivity contribution is 0.661. The van der Waals surface area contributed by atoms with Crippen LogP contribution in [0.15, 0.2) is 211 Å². The van der Waals surface area contributed by atoms with E-state index in [0.29, 0.717) is 5.82 Å². The highest BCUT2D eigenvalue weighted by Gasteiger charge is 2.36. The van der Waals surface area contributed by atoms with E-state index in [1.807, 2.05) is 24.3 Å². The van der Waals surface area contributed by atoms with E-state index >= 15 is 0 Å². The molecule has 0 N–H and O–H groups in total. The van der Waals surface area contributed by atoms with Gasteiger partial charge in [0, 0.05) is 66.7 Å². The maximum Gasteiger partial charge on any atom is 0.162 e. The van der Waals surface area contributed by atoms with Gasteiger partial charge in [0.2, 0.25) is 0 Å². The number of nitrogens with zero attached hydrogens (tertiary/aromatic N) is 4. The van der Waals surface area contributed by atoms with Gasteiger partial charge in [-0.1, -0.05) is 147 Å². The van der Waals surface area contributed by atoms with Crippen molar-refractivity contribution in [2.75, 3.05) is 0 Å². The van der Waals surface area contributed by atoms with Crippen molar-refractivity contribution in [2.24, 2.45) is 0 Å². The molecule has 0 aliphatic heterocycles. The van der Waals surface area contributed by atoms with Gasteiger partial charge in [0.1, 0.15) is 17.0 Å². The Bertz CT molecular complexity index is 4060. The summed E-state index contributed by atoms with van der Waals surface area (Å²) >= 11 is 0. The maximum absolute atomic E-state index is 6.74. The molecule has 310 valence electrons. The molecule has 1 aliphatic carbocycles. The monoisotopic (exact) mass is 844 g/mol. The molecule has 13 aromatic rings. The second-order valence-electron chi connectivity index (χ2n) is 18.2. The second-order valence-corrected chi connectivity index (χ2v) is 18.2. The highest BCUT2D eigenvalue weighted by atomic mass is 16.3. The van der Waals surface area contributed by atoms with Crippen molar-refractivity contribution in [2.45, 2.75) is 19.3 Å². The molecule has 5 heteroatoms. The zero-order valence-corrected chi connectivity index (χ0v) is 36.3. The van der Waals surface area contributed by atoms with E-state index in [9.17, 15) is 0 Å². The van der Waals surface area contributed by atoms with Gasteiger partial charge in [-0.05, 0) is 94.0 Å². The topological polar surface area (TPSA) is 48.8 Å². The van der Waals surface area contributed by atoms with Crippen molar-refractivity contribution in [1.82, 2.24) is 19.1 Å². The predicted octanol–water partition coefficient (Wildman–Crippen LogP) is 15.9. The molecular weight excluding hydrogens is 805 g/mol. The van der Waals surface area contributed by atoms with Gasteiger partial charge in [0.25, 0.3) is 0 Å². The van der Waals surface area contributed by atoms with Crippen LogP contribution in [0.2, 0.25) is 0 Å². The summed E-state index contributed by atoms with van der Waals surface area (Å²) in [6.45, 7) is 4.72. The van der Waals surface area contributed by atoms with Gasteiger partial charge in [-0.3, -0.25) is 4.57 Å². The van der Waals surface area contributed by atoms with Crippen LogP contribution in [-0.2, 0) is 5.41 Å². The fourth-order valence-corrected chi connectivity index (χ4v) is 10.9.